The van der Waals surface area contributed by atoms with Crippen LogP contribution in [0, 0.1) is 11.3 Å². The number of anilines is 1. The Morgan fingerprint density at radius 3 is 2.82 bits per heavy atom. The van der Waals surface area contributed by atoms with Crippen LogP contribution in [0.5, 0.6) is 5.75 Å². The quantitative estimate of drug-likeness (QED) is 0.930. The lowest BCUT2D eigenvalue weighted by molar-refractivity contribution is -0.115. The number of halogens is 3. The van der Waals surface area contributed by atoms with Crippen LogP contribution in [0.2, 0.25) is 0 Å². The smallest absolute Gasteiger partial charge is 0.387 e. The van der Waals surface area contributed by atoms with Crippen molar-refractivity contribution in [1.82, 2.24) is 0 Å². The molecule has 1 rings (SSSR count). The summed E-state index contributed by atoms with van der Waals surface area (Å²) in [6, 6.07) is 5.68. The van der Waals surface area contributed by atoms with Gasteiger partial charge in [-0.3, -0.25) is 4.79 Å². The van der Waals surface area contributed by atoms with Crippen LogP contribution in [0.3, 0.4) is 0 Å². The maximum absolute atomic E-state index is 11.9. The van der Waals surface area contributed by atoms with Gasteiger partial charge in [-0.2, -0.15) is 14.0 Å². The standard InChI is InChI=1S/C10H7BrF2N2O2/c11-7-5-6(17-10(12)13)1-2-8(7)15-9(16)3-4-14/h1-2,5,10H,3H2,(H,15,16). The predicted octanol–water partition coefficient (Wildman–Crippen LogP) is 2.90. The second kappa shape index (κ2) is 6.15. The zero-order valence-corrected chi connectivity index (χ0v) is 10.0. The van der Waals surface area contributed by atoms with Gasteiger partial charge in [0.15, 0.2) is 0 Å². The molecule has 1 aromatic rings. The fourth-order valence-electron chi connectivity index (χ4n) is 1.04. The molecule has 0 saturated carbocycles. The third kappa shape index (κ3) is 4.36. The lowest BCUT2D eigenvalue weighted by Gasteiger charge is -2.08. The summed E-state index contributed by atoms with van der Waals surface area (Å²) in [6.45, 7) is -2.90. The predicted molar refractivity (Wildman–Crippen MR) is 59.6 cm³/mol. The molecule has 0 bridgehead atoms. The number of ether oxygens (including phenoxy) is 1. The molecule has 17 heavy (non-hydrogen) atoms. The highest BCUT2D eigenvalue weighted by Crippen LogP contribution is 2.28. The van der Waals surface area contributed by atoms with Gasteiger partial charge in [-0.1, -0.05) is 0 Å². The van der Waals surface area contributed by atoms with Crippen LogP contribution >= 0.6 is 15.9 Å². The van der Waals surface area contributed by atoms with Gasteiger partial charge < -0.3 is 10.1 Å². The van der Waals surface area contributed by atoms with E-state index < -0.39 is 12.5 Å². The van der Waals surface area contributed by atoms with Gasteiger partial charge in [-0.05, 0) is 34.1 Å². The van der Waals surface area contributed by atoms with Gasteiger partial charge in [0, 0.05) is 4.47 Å². The van der Waals surface area contributed by atoms with Crippen molar-refractivity contribution >= 4 is 27.5 Å². The average Bonchev–Trinajstić information content (AvgIpc) is 2.21. The highest BCUT2D eigenvalue weighted by atomic mass is 79.9. The van der Waals surface area contributed by atoms with Crippen LogP contribution in [0.1, 0.15) is 6.42 Å². The first kappa shape index (κ1) is 13.4. The van der Waals surface area contributed by atoms with E-state index in [-0.39, 0.29) is 12.2 Å². The lowest BCUT2D eigenvalue weighted by atomic mass is 10.3. The summed E-state index contributed by atoms with van der Waals surface area (Å²) >= 11 is 3.09. The molecule has 0 aliphatic carbocycles. The van der Waals surface area contributed by atoms with E-state index in [1.165, 1.54) is 18.2 Å². The molecule has 0 aliphatic heterocycles. The van der Waals surface area contributed by atoms with E-state index in [0.29, 0.717) is 10.2 Å². The molecule has 0 fully saturated rings. The summed E-state index contributed by atoms with van der Waals surface area (Å²) in [5.74, 6) is -0.499. The number of nitrogens with one attached hydrogen (secondary N) is 1. The van der Waals surface area contributed by atoms with Crippen LogP contribution in [0.25, 0.3) is 0 Å². The lowest BCUT2D eigenvalue weighted by Crippen LogP contribution is -2.10. The van der Waals surface area contributed by atoms with Crippen LogP contribution in [-0.4, -0.2) is 12.5 Å². The average molecular weight is 305 g/mol. The van der Waals surface area contributed by atoms with Gasteiger partial charge in [-0.15, -0.1) is 0 Å². The molecule has 1 aromatic carbocycles. The van der Waals surface area contributed by atoms with E-state index in [0.717, 1.165) is 0 Å². The molecule has 4 nitrogen and oxygen atoms in total. The number of benzene rings is 1. The number of carbonyl (C=O) groups is 1. The molecule has 0 saturated heterocycles. The zero-order chi connectivity index (χ0) is 12.8. The summed E-state index contributed by atoms with van der Waals surface area (Å²) in [5.41, 5.74) is 0.381. The number of nitrogens with zero attached hydrogens (tertiary/aromatic N) is 1. The molecule has 1 N–H and O–H groups in total. The van der Waals surface area contributed by atoms with Gasteiger partial charge in [-0.25, -0.2) is 0 Å². The Morgan fingerprint density at radius 2 is 2.29 bits per heavy atom. The fourth-order valence-corrected chi connectivity index (χ4v) is 1.50. The van der Waals surface area contributed by atoms with Gasteiger partial charge >= 0.3 is 6.61 Å². The van der Waals surface area contributed by atoms with Crippen molar-refractivity contribution in [1.29, 1.82) is 5.26 Å². The Balaban J connectivity index is 2.76. The molecule has 1 amide bonds. The monoisotopic (exact) mass is 304 g/mol. The van der Waals surface area contributed by atoms with E-state index in [2.05, 4.69) is 26.0 Å². The first-order valence-electron chi connectivity index (χ1n) is 4.44. The minimum atomic E-state index is -2.90. The summed E-state index contributed by atoms with van der Waals surface area (Å²) in [7, 11) is 0. The van der Waals surface area contributed by atoms with E-state index >= 15 is 0 Å². The maximum atomic E-state index is 11.9. The van der Waals surface area contributed by atoms with E-state index in [9.17, 15) is 13.6 Å². The van der Waals surface area contributed by atoms with Crippen LogP contribution in [0.4, 0.5) is 14.5 Å². The Kier molecular flexibility index (Phi) is 4.84. The van der Waals surface area contributed by atoms with Crippen molar-refractivity contribution in [3.8, 4) is 11.8 Å². The Hall–Kier alpha value is -1.68. The first-order valence-corrected chi connectivity index (χ1v) is 5.23. The number of rotatable bonds is 4. The van der Waals surface area contributed by atoms with Crippen molar-refractivity contribution < 1.29 is 18.3 Å². The van der Waals surface area contributed by atoms with Crippen molar-refractivity contribution in [3.05, 3.63) is 22.7 Å². The third-order valence-electron chi connectivity index (χ3n) is 1.68. The molecule has 0 atom stereocenters. The van der Waals surface area contributed by atoms with Gasteiger partial charge in [0.2, 0.25) is 5.91 Å². The van der Waals surface area contributed by atoms with Crippen molar-refractivity contribution in [2.75, 3.05) is 5.32 Å². The minimum Gasteiger partial charge on any atom is -0.435 e. The molecule has 90 valence electrons. The largest absolute Gasteiger partial charge is 0.435 e. The number of carbonyl (C=O) groups excluding carboxylic acids is 1. The molecule has 0 unspecified atom stereocenters. The topological polar surface area (TPSA) is 62.1 Å². The number of amides is 1. The first-order chi connectivity index (χ1) is 8.02. The summed E-state index contributed by atoms with van der Waals surface area (Å²) in [6.07, 6.45) is -0.276. The molecule has 0 aliphatic rings. The molecule has 0 spiro atoms. The number of hydrogen-bond acceptors (Lipinski definition) is 3. The Labute approximate surface area is 104 Å². The van der Waals surface area contributed by atoms with Crippen LogP contribution in [0.15, 0.2) is 22.7 Å². The van der Waals surface area contributed by atoms with Crippen molar-refractivity contribution in [2.45, 2.75) is 13.0 Å². The second-order valence-corrected chi connectivity index (χ2v) is 3.76. The van der Waals surface area contributed by atoms with E-state index in [4.69, 9.17) is 5.26 Å². The van der Waals surface area contributed by atoms with Crippen molar-refractivity contribution in [3.63, 3.8) is 0 Å². The maximum Gasteiger partial charge on any atom is 0.387 e. The minimum absolute atomic E-state index is 0.0230. The molecule has 7 heteroatoms. The Bertz CT molecular complexity index is 460. The second-order valence-electron chi connectivity index (χ2n) is 2.90. The number of hydrogen-bond donors (Lipinski definition) is 1. The van der Waals surface area contributed by atoms with Crippen LogP contribution < -0.4 is 10.1 Å². The van der Waals surface area contributed by atoms with Crippen molar-refractivity contribution in [2.24, 2.45) is 0 Å². The molecule has 0 radical (unpaired) electrons. The van der Waals surface area contributed by atoms with Gasteiger partial charge in [0.05, 0.1) is 11.8 Å². The molecule has 0 aromatic heterocycles. The van der Waals surface area contributed by atoms with Crippen LogP contribution in [-0.2, 0) is 4.79 Å². The van der Waals surface area contributed by atoms with E-state index in [1.807, 2.05) is 0 Å². The molecular weight excluding hydrogens is 298 g/mol. The van der Waals surface area contributed by atoms with Gasteiger partial charge in [0.25, 0.3) is 0 Å². The number of alkyl halides is 2. The summed E-state index contributed by atoms with van der Waals surface area (Å²) < 4.78 is 28.4. The highest BCUT2D eigenvalue weighted by molar-refractivity contribution is 9.10. The van der Waals surface area contributed by atoms with Gasteiger partial charge in [0.1, 0.15) is 12.2 Å². The SMILES string of the molecule is N#CCC(=O)Nc1ccc(OC(F)F)cc1Br. The Morgan fingerprint density at radius 1 is 1.59 bits per heavy atom. The summed E-state index contributed by atoms with van der Waals surface area (Å²) in [4.78, 5) is 11.1. The third-order valence-corrected chi connectivity index (χ3v) is 2.34. The van der Waals surface area contributed by atoms with E-state index in [1.54, 1.807) is 6.07 Å². The normalized spacial score (nSPS) is 9.82. The highest BCUT2D eigenvalue weighted by Gasteiger charge is 2.09. The number of nitriles is 1. The fraction of sp³-hybridized carbons (Fsp3) is 0.200. The summed E-state index contributed by atoms with van der Waals surface area (Å²) in [5, 5.41) is 10.7. The molecule has 0 heterocycles. The zero-order valence-electron chi connectivity index (χ0n) is 8.41. The molecular formula is C10H7BrF2N2O2.